The van der Waals surface area contributed by atoms with E-state index >= 15 is 0 Å². The van der Waals surface area contributed by atoms with Crippen LogP contribution in [0.25, 0.3) is 0 Å². The average molecular weight is 301 g/mol. The molecule has 1 aromatic carbocycles. The van der Waals surface area contributed by atoms with Crippen LogP contribution >= 0.6 is 11.3 Å². The summed E-state index contributed by atoms with van der Waals surface area (Å²) in [5, 5.41) is 3.63. The number of ether oxygens (including phenoxy) is 1. The van der Waals surface area contributed by atoms with E-state index in [0.29, 0.717) is 6.04 Å². The molecular formula is C18H23NOS. The van der Waals surface area contributed by atoms with E-state index < -0.39 is 0 Å². The minimum atomic E-state index is 0.394. The number of hydrogen-bond donors (Lipinski definition) is 1. The molecule has 1 unspecified atom stereocenters. The molecule has 0 saturated carbocycles. The summed E-state index contributed by atoms with van der Waals surface area (Å²) in [7, 11) is 1.73. The van der Waals surface area contributed by atoms with Crippen molar-refractivity contribution in [2.24, 2.45) is 0 Å². The van der Waals surface area contributed by atoms with Crippen LogP contribution in [0.15, 0.2) is 30.3 Å². The molecule has 3 rings (SSSR count). The van der Waals surface area contributed by atoms with Gasteiger partial charge in [0.15, 0.2) is 0 Å². The fourth-order valence-electron chi connectivity index (χ4n) is 2.94. The van der Waals surface area contributed by atoms with Gasteiger partial charge in [-0.05, 0) is 50.3 Å². The summed E-state index contributed by atoms with van der Waals surface area (Å²) in [5.74, 6) is 0.961. The highest BCUT2D eigenvalue weighted by Gasteiger charge is 2.16. The lowest BCUT2D eigenvalue weighted by Gasteiger charge is -2.14. The zero-order valence-corrected chi connectivity index (χ0v) is 13.6. The van der Waals surface area contributed by atoms with Crippen molar-refractivity contribution in [2.45, 2.75) is 45.2 Å². The number of hydrogen-bond acceptors (Lipinski definition) is 3. The van der Waals surface area contributed by atoms with E-state index in [-0.39, 0.29) is 0 Å². The molecule has 21 heavy (non-hydrogen) atoms. The van der Waals surface area contributed by atoms with E-state index in [1.807, 2.05) is 23.5 Å². The van der Waals surface area contributed by atoms with Crippen LogP contribution in [-0.2, 0) is 19.4 Å². The zero-order valence-electron chi connectivity index (χ0n) is 12.8. The number of methoxy groups -OCH3 is 1. The normalized spacial score (nSPS) is 15.5. The molecule has 0 spiro atoms. The lowest BCUT2D eigenvalue weighted by atomic mass is 9.99. The molecular weight excluding hydrogens is 278 g/mol. The molecule has 1 aliphatic carbocycles. The Bertz CT molecular complexity index is 582. The lowest BCUT2D eigenvalue weighted by molar-refractivity contribution is 0.406. The molecule has 1 N–H and O–H groups in total. The molecule has 0 amide bonds. The highest BCUT2D eigenvalue weighted by Crippen LogP contribution is 2.33. The van der Waals surface area contributed by atoms with Gasteiger partial charge < -0.3 is 10.1 Å². The summed E-state index contributed by atoms with van der Waals surface area (Å²) < 4.78 is 5.41. The third-order valence-corrected chi connectivity index (χ3v) is 5.65. The van der Waals surface area contributed by atoms with Crippen molar-refractivity contribution >= 4 is 11.3 Å². The van der Waals surface area contributed by atoms with Gasteiger partial charge in [0.05, 0.1) is 7.11 Å². The average Bonchev–Trinajstić information content (AvgIpc) is 2.97. The van der Waals surface area contributed by atoms with E-state index in [0.717, 1.165) is 12.3 Å². The Morgan fingerprint density at radius 1 is 1.24 bits per heavy atom. The van der Waals surface area contributed by atoms with Crippen molar-refractivity contribution < 1.29 is 4.74 Å². The minimum Gasteiger partial charge on any atom is -0.496 e. The largest absolute Gasteiger partial charge is 0.496 e. The van der Waals surface area contributed by atoms with Gasteiger partial charge in [-0.15, -0.1) is 11.3 Å². The molecule has 0 radical (unpaired) electrons. The van der Waals surface area contributed by atoms with E-state index in [1.165, 1.54) is 36.1 Å². The Labute approximate surface area is 131 Å². The fourth-order valence-corrected chi connectivity index (χ4v) is 4.22. The molecule has 112 valence electrons. The molecule has 1 heterocycles. The lowest BCUT2D eigenvalue weighted by Crippen LogP contribution is -2.17. The second-order valence-corrected chi connectivity index (χ2v) is 6.89. The van der Waals surface area contributed by atoms with Gasteiger partial charge >= 0.3 is 0 Å². The first kappa shape index (κ1) is 14.6. The molecule has 0 fully saturated rings. The van der Waals surface area contributed by atoms with Gasteiger partial charge in [0.25, 0.3) is 0 Å². The maximum absolute atomic E-state index is 5.41. The van der Waals surface area contributed by atoms with Crippen LogP contribution in [0, 0.1) is 0 Å². The van der Waals surface area contributed by atoms with Crippen LogP contribution in [0.5, 0.6) is 5.75 Å². The maximum Gasteiger partial charge on any atom is 0.123 e. The summed E-state index contributed by atoms with van der Waals surface area (Å²) in [6, 6.07) is 11.0. The zero-order chi connectivity index (χ0) is 14.7. The van der Waals surface area contributed by atoms with Gasteiger partial charge in [0.1, 0.15) is 5.75 Å². The van der Waals surface area contributed by atoms with Gasteiger partial charge in [-0.1, -0.05) is 18.2 Å². The fraction of sp³-hybridized carbons (Fsp3) is 0.444. The topological polar surface area (TPSA) is 21.3 Å². The van der Waals surface area contributed by atoms with Crippen LogP contribution in [0.1, 0.15) is 46.7 Å². The number of thiophene rings is 1. The first-order chi connectivity index (χ1) is 10.3. The van der Waals surface area contributed by atoms with Crippen LogP contribution < -0.4 is 10.1 Å². The summed E-state index contributed by atoms with van der Waals surface area (Å²) in [4.78, 5) is 3.08. The van der Waals surface area contributed by atoms with Crippen molar-refractivity contribution in [3.63, 3.8) is 0 Å². The van der Waals surface area contributed by atoms with Crippen molar-refractivity contribution in [1.29, 1.82) is 0 Å². The van der Waals surface area contributed by atoms with Gasteiger partial charge in [-0.2, -0.15) is 0 Å². The van der Waals surface area contributed by atoms with E-state index in [9.17, 15) is 0 Å². The molecule has 3 heteroatoms. The Hall–Kier alpha value is -1.32. The summed E-state index contributed by atoms with van der Waals surface area (Å²) in [5.41, 5.74) is 2.81. The molecule has 0 saturated heterocycles. The third-order valence-electron chi connectivity index (χ3n) is 4.23. The minimum absolute atomic E-state index is 0.394. The van der Waals surface area contributed by atoms with Crippen molar-refractivity contribution in [2.75, 3.05) is 7.11 Å². The first-order valence-electron chi connectivity index (χ1n) is 7.74. The Kier molecular flexibility index (Phi) is 4.61. The summed E-state index contributed by atoms with van der Waals surface area (Å²) in [6.07, 6.45) is 5.26. The maximum atomic E-state index is 5.41. The van der Waals surface area contributed by atoms with Gasteiger partial charge in [-0.3, -0.25) is 0 Å². The second kappa shape index (κ2) is 6.63. The van der Waals surface area contributed by atoms with Gasteiger partial charge in [0, 0.05) is 27.9 Å². The molecule has 1 atom stereocenters. The van der Waals surface area contributed by atoms with Crippen LogP contribution in [0.2, 0.25) is 0 Å². The number of rotatable bonds is 5. The molecule has 0 aliphatic heterocycles. The molecule has 2 nitrogen and oxygen atoms in total. The number of benzene rings is 1. The quantitative estimate of drug-likeness (QED) is 0.879. The predicted octanol–water partition coefficient (Wildman–Crippen LogP) is 4.49. The van der Waals surface area contributed by atoms with E-state index in [2.05, 4.69) is 30.4 Å². The molecule has 1 aromatic heterocycles. The predicted molar refractivity (Wildman–Crippen MR) is 89.2 cm³/mol. The van der Waals surface area contributed by atoms with Crippen LogP contribution in [0.3, 0.4) is 0 Å². The number of nitrogens with one attached hydrogen (secondary N) is 1. The van der Waals surface area contributed by atoms with Gasteiger partial charge in [-0.25, -0.2) is 0 Å². The number of aryl methyl sites for hydroxylation is 2. The van der Waals surface area contributed by atoms with Gasteiger partial charge in [0.2, 0.25) is 0 Å². The summed E-state index contributed by atoms with van der Waals surface area (Å²) >= 11 is 1.99. The van der Waals surface area contributed by atoms with E-state index in [4.69, 9.17) is 4.74 Å². The third kappa shape index (κ3) is 3.30. The molecule has 2 aromatic rings. The molecule has 1 aliphatic rings. The van der Waals surface area contributed by atoms with Crippen LogP contribution in [0.4, 0.5) is 0 Å². The highest BCUT2D eigenvalue weighted by atomic mass is 32.1. The first-order valence-corrected chi connectivity index (χ1v) is 8.56. The Morgan fingerprint density at radius 3 is 2.86 bits per heavy atom. The number of fused-ring (bicyclic) bond motifs is 1. The monoisotopic (exact) mass is 301 g/mol. The standard InChI is InChI=1S/C18H23NOS/c1-13(18-11-14-7-4-6-10-17(14)21-18)19-12-15-8-3-5-9-16(15)20-2/h3,5,8-9,11,13,19H,4,6-7,10,12H2,1-2H3. The second-order valence-electron chi connectivity index (χ2n) is 5.72. The van der Waals surface area contributed by atoms with E-state index in [1.54, 1.807) is 17.6 Å². The van der Waals surface area contributed by atoms with Crippen molar-refractivity contribution in [1.82, 2.24) is 5.32 Å². The summed E-state index contributed by atoms with van der Waals surface area (Å²) in [6.45, 7) is 3.10. The molecule has 0 bridgehead atoms. The highest BCUT2D eigenvalue weighted by molar-refractivity contribution is 7.12. The Morgan fingerprint density at radius 2 is 2.05 bits per heavy atom. The van der Waals surface area contributed by atoms with Crippen molar-refractivity contribution in [3.8, 4) is 5.75 Å². The Balaban J connectivity index is 1.66. The van der Waals surface area contributed by atoms with Crippen molar-refractivity contribution in [3.05, 3.63) is 51.2 Å². The smallest absolute Gasteiger partial charge is 0.123 e. The van der Waals surface area contributed by atoms with Crippen LogP contribution in [-0.4, -0.2) is 7.11 Å². The SMILES string of the molecule is COc1ccccc1CNC(C)c1cc2c(s1)CCCC2. The number of para-hydroxylation sites is 1.